The van der Waals surface area contributed by atoms with Crippen molar-refractivity contribution in [1.29, 1.82) is 0 Å². The molecule has 2 aromatic rings. The minimum Gasteiger partial charge on any atom is -0.493 e. The molecule has 0 aromatic heterocycles. The second-order valence-electron chi connectivity index (χ2n) is 8.29. The second-order valence-corrected chi connectivity index (χ2v) is 8.29. The van der Waals surface area contributed by atoms with Crippen molar-refractivity contribution in [3.8, 4) is 23.0 Å². The zero-order valence-electron chi connectivity index (χ0n) is 19.1. The van der Waals surface area contributed by atoms with Gasteiger partial charge in [0.1, 0.15) is 0 Å². The lowest BCUT2D eigenvalue weighted by atomic mass is 10.0. The van der Waals surface area contributed by atoms with E-state index >= 15 is 0 Å². The van der Waals surface area contributed by atoms with Crippen LogP contribution in [0.4, 0.5) is 0 Å². The van der Waals surface area contributed by atoms with Crippen molar-refractivity contribution in [2.24, 2.45) is 0 Å². The van der Waals surface area contributed by atoms with E-state index in [1.165, 1.54) is 5.56 Å². The predicted molar refractivity (Wildman–Crippen MR) is 122 cm³/mol. The Morgan fingerprint density at radius 2 is 1.91 bits per heavy atom. The largest absolute Gasteiger partial charge is 0.493 e. The standard InChI is InChI=1S/C25H32N2O5/c1-26(16-19-7-4-9-22(29-2)25(19)30-3)24(28)17-27-12-5-8-20(27)18-10-11-21-23(15-18)32-14-6-13-31-21/h4,7,9-11,15,20H,5-6,8,12-14,16-17H2,1-3H3/t20-/m0/s1. The number of methoxy groups -OCH3 is 2. The molecule has 2 heterocycles. The highest BCUT2D eigenvalue weighted by atomic mass is 16.5. The van der Waals surface area contributed by atoms with Crippen molar-refractivity contribution in [2.45, 2.75) is 31.8 Å². The van der Waals surface area contributed by atoms with Crippen LogP contribution in [0.3, 0.4) is 0 Å². The van der Waals surface area contributed by atoms with Gasteiger partial charge in [0.15, 0.2) is 23.0 Å². The van der Waals surface area contributed by atoms with Crippen LogP contribution >= 0.6 is 0 Å². The summed E-state index contributed by atoms with van der Waals surface area (Å²) in [4.78, 5) is 17.1. The molecule has 1 fully saturated rings. The molecule has 2 aromatic carbocycles. The number of benzene rings is 2. The molecule has 1 saturated heterocycles. The number of carbonyl (C=O) groups excluding carboxylic acids is 1. The molecule has 0 saturated carbocycles. The average Bonchev–Trinajstić information content (AvgIpc) is 3.14. The van der Waals surface area contributed by atoms with Gasteiger partial charge in [-0.2, -0.15) is 0 Å². The van der Waals surface area contributed by atoms with Gasteiger partial charge in [-0.05, 0) is 43.1 Å². The quantitative estimate of drug-likeness (QED) is 0.655. The lowest BCUT2D eigenvalue weighted by Gasteiger charge is -2.27. The highest BCUT2D eigenvalue weighted by Crippen LogP contribution is 2.38. The number of nitrogens with zero attached hydrogens (tertiary/aromatic N) is 2. The summed E-state index contributed by atoms with van der Waals surface area (Å²) in [5, 5.41) is 0. The van der Waals surface area contributed by atoms with Gasteiger partial charge in [-0.25, -0.2) is 0 Å². The van der Waals surface area contributed by atoms with Crippen LogP contribution in [-0.2, 0) is 11.3 Å². The topological polar surface area (TPSA) is 60.5 Å². The van der Waals surface area contributed by atoms with Crippen molar-refractivity contribution in [2.75, 3.05) is 47.6 Å². The molecule has 7 heteroatoms. The molecule has 0 spiro atoms. The van der Waals surface area contributed by atoms with E-state index in [0.29, 0.717) is 37.8 Å². The van der Waals surface area contributed by atoms with Crippen LogP contribution in [0.1, 0.15) is 36.4 Å². The van der Waals surface area contributed by atoms with E-state index in [9.17, 15) is 4.79 Å². The van der Waals surface area contributed by atoms with Crippen LogP contribution in [-0.4, -0.2) is 63.3 Å². The third kappa shape index (κ3) is 4.78. The normalized spacial score (nSPS) is 18.2. The Labute approximate surface area is 189 Å². The maximum atomic E-state index is 13.1. The second kappa shape index (κ2) is 10.1. The lowest BCUT2D eigenvalue weighted by molar-refractivity contribution is -0.131. The number of fused-ring (bicyclic) bond motifs is 1. The fourth-order valence-electron chi connectivity index (χ4n) is 4.50. The van der Waals surface area contributed by atoms with Gasteiger partial charge in [-0.15, -0.1) is 0 Å². The number of carbonyl (C=O) groups is 1. The van der Waals surface area contributed by atoms with E-state index < -0.39 is 0 Å². The molecule has 7 nitrogen and oxygen atoms in total. The van der Waals surface area contributed by atoms with Gasteiger partial charge in [0.25, 0.3) is 0 Å². The van der Waals surface area contributed by atoms with Crippen molar-refractivity contribution in [1.82, 2.24) is 9.80 Å². The molecule has 172 valence electrons. The van der Waals surface area contributed by atoms with Crippen LogP contribution in [0.25, 0.3) is 0 Å². The Bertz CT molecular complexity index is 948. The van der Waals surface area contributed by atoms with Crippen molar-refractivity contribution >= 4 is 5.91 Å². The van der Waals surface area contributed by atoms with Gasteiger partial charge in [0, 0.05) is 31.6 Å². The number of para-hydroxylation sites is 1. The number of amides is 1. The number of rotatable bonds is 7. The summed E-state index contributed by atoms with van der Waals surface area (Å²) in [5.41, 5.74) is 2.10. The molecule has 0 radical (unpaired) electrons. The van der Waals surface area contributed by atoms with Gasteiger partial charge in [-0.3, -0.25) is 9.69 Å². The molecule has 2 aliphatic heterocycles. The first kappa shape index (κ1) is 22.3. The molecule has 0 unspecified atom stereocenters. The number of hydrogen-bond donors (Lipinski definition) is 0. The average molecular weight is 441 g/mol. The molecule has 2 aliphatic rings. The fourth-order valence-corrected chi connectivity index (χ4v) is 4.50. The van der Waals surface area contributed by atoms with Crippen LogP contribution < -0.4 is 18.9 Å². The van der Waals surface area contributed by atoms with E-state index in [4.69, 9.17) is 18.9 Å². The monoisotopic (exact) mass is 440 g/mol. The van der Waals surface area contributed by atoms with Gasteiger partial charge in [0.2, 0.25) is 5.91 Å². The number of hydrogen-bond acceptors (Lipinski definition) is 6. The molecular formula is C25H32N2O5. The van der Waals surface area contributed by atoms with Gasteiger partial charge >= 0.3 is 0 Å². The third-order valence-electron chi connectivity index (χ3n) is 6.18. The smallest absolute Gasteiger partial charge is 0.236 e. The molecule has 0 bridgehead atoms. The van der Waals surface area contributed by atoms with Gasteiger partial charge < -0.3 is 23.8 Å². The highest BCUT2D eigenvalue weighted by Gasteiger charge is 2.29. The maximum Gasteiger partial charge on any atom is 0.236 e. The molecule has 0 aliphatic carbocycles. The summed E-state index contributed by atoms with van der Waals surface area (Å²) in [6, 6.07) is 12.1. The van der Waals surface area contributed by atoms with E-state index in [2.05, 4.69) is 17.0 Å². The molecular weight excluding hydrogens is 408 g/mol. The summed E-state index contributed by atoms with van der Waals surface area (Å²) < 4.78 is 22.5. The summed E-state index contributed by atoms with van der Waals surface area (Å²) in [7, 11) is 5.07. The van der Waals surface area contributed by atoms with Crippen molar-refractivity contribution in [3.63, 3.8) is 0 Å². The Hall–Kier alpha value is -2.93. The predicted octanol–water partition coefficient (Wildman–Crippen LogP) is 3.66. The molecule has 4 rings (SSSR count). The maximum absolute atomic E-state index is 13.1. The van der Waals surface area contributed by atoms with E-state index in [1.54, 1.807) is 19.1 Å². The molecule has 0 N–H and O–H groups in total. The van der Waals surface area contributed by atoms with Crippen LogP contribution in [0, 0.1) is 0 Å². The minimum atomic E-state index is 0.0797. The fraction of sp³-hybridized carbons (Fsp3) is 0.480. The first-order chi connectivity index (χ1) is 15.6. The number of likely N-dealkylation sites (tertiary alicyclic amines) is 1. The summed E-state index contributed by atoms with van der Waals surface area (Å²) in [6.45, 7) is 3.09. The number of likely N-dealkylation sites (N-methyl/N-ethyl adjacent to an activating group) is 1. The summed E-state index contributed by atoms with van der Waals surface area (Å²) in [5.74, 6) is 3.02. The zero-order valence-corrected chi connectivity index (χ0v) is 19.1. The first-order valence-corrected chi connectivity index (χ1v) is 11.2. The first-order valence-electron chi connectivity index (χ1n) is 11.2. The minimum absolute atomic E-state index is 0.0797. The van der Waals surface area contributed by atoms with Gasteiger partial charge in [0.05, 0.1) is 34.0 Å². The van der Waals surface area contributed by atoms with E-state index in [1.807, 2.05) is 31.3 Å². The lowest BCUT2D eigenvalue weighted by Crippen LogP contribution is -2.37. The van der Waals surface area contributed by atoms with Crippen LogP contribution in [0.2, 0.25) is 0 Å². The Morgan fingerprint density at radius 1 is 1.09 bits per heavy atom. The Kier molecular flexibility index (Phi) is 7.05. The third-order valence-corrected chi connectivity index (χ3v) is 6.18. The van der Waals surface area contributed by atoms with Gasteiger partial charge in [-0.1, -0.05) is 18.2 Å². The van der Waals surface area contributed by atoms with Crippen LogP contribution in [0.5, 0.6) is 23.0 Å². The molecule has 1 atom stereocenters. The molecule has 1 amide bonds. The Balaban J connectivity index is 1.43. The highest BCUT2D eigenvalue weighted by molar-refractivity contribution is 5.78. The molecule has 32 heavy (non-hydrogen) atoms. The van der Waals surface area contributed by atoms with E-state index in [0.717, 1.165) is 42.9 Å². The summed E-state index contributed by atoms with van der Waals surface area (Å²) >= 11 is 0. The zero-order chi connectivity index (χ0) is 22.5. The Morgan fingerprint density at radius 3 is 2.69 bits per heavy atom. The summed E-state index contributed by atoms with van der Waals surface area (Å²) in [6.07, 6.45) is 2.98. The van der Waals surface area contributed by atoms with Crippen molar-refractivity contribution in [3.05, 3.63) is 47.5 Å². The van der Waals surface area contributed by atoms with Crippen LogP contribution in [0.15, 0.2) is 36.4 Å². The van der Waals surface area contributed by atoms with Crippen molar-refractivity contribution < 1.29 is 23.7 Å². The SMILES string of the molecule is COc1cccc(CN(C)C(=O)CN2CCC[C@H]2c2ccc3c(c2)OCCCO3)c1OC. The van der Waals surface area contributed by atoms with E-state index in [-0.39, 0.29) is 11.9 Å². The number of ether oxygens (including phenoxy) is 4.